The number of amides is 1. The van der Waals surface area contributed by atoms with E-state index in [0.29, 0.717) is 32.1 Å². The van der Waals surface area contributed by atoms with Crippen LogP contribution in [0.1, 0.15) is 0 Å². The molecule has 0 spiro atoms. The lowest BCUT2D eigenvalue weighted by Crippen LogP contribution is -2.43. The minimum atomic E-state index is -1.20. The van der Waals surface area contributed by atoms with E-state index in [1.807, 2.05) is 6.07 Å². The molecule has 1 atom stereocenters. The average Bonchev–Trinajstić information content (AvgIpc) is 3.42. The number of fused-ring (bicyclic) bond motifs is 1. The van der Waals surface area contributed by atoms with Gasteiger partial charge >= 0.3 is 0 Å². The molecule has 1 unspecified atom stereocenters. The second-order valence-electron chi connectivity index (χ2n) is 9.37. The quantitative estimate of drug-likeness (QED) is 0.264. The molecule has 0 aliphatic carbocycles. The number of hydrogen-bond acceptors (Lipinski definition) is 7. The van der Waals surface area contributed by atoms with Gasteiger partial charge in [0.25, 0.3) is 5.91 Å². The van der Waals surface area contributed by atoms with Gasteiger partial charge in [0, 0.05) is 42.4 Å². The fourth-order valence-electron chi connectivity index (χ4n) is 4.62. The van der Waals surface area contributed by atoms with E-state index < -0.39 is 22.3 Å². The molecule has 40 heavy (non-hydrogen) atoms. The third-order valence-electron chi connectivity index (χ3n) is 6.72. The topological polar surface area (TPSA) is 115 Å². The Morgan fingerprint density at radius 1 is 1.07 bits per heavy atom. The molecule has 10 nitrogen and oxygen atoms in total. The number of anilines is 2. The van der Waals surface area contributed by atoms with Crippen LogP contribution >= 0.6 is 0 Å². The van der Waals surface area contributed by atoms with Crippen LogP contribution in [0.15, 0.2) is 77.5 Å². The minimum Gasteiger partial charge on any atom is -0.599 e. The molecular weight excluding hydrogens is 522 g/mol. The van der Waals surface area contributed by atoms with Gasteiger partial charge in [-0.3, -0.25) is 9.89 Å². The van der Waals surface area contributed by atoms with Crippen molar-refractivity contribution >= 4 is 40.1 Å². The van der Waals surface area contributed by atoms with E-state index in [-0.39, 0.29) is 29.2 Å². The molecule has 1 aromatic heterocycles. The van der Waals surface area contributed by atoms with E-state index in [1.54, 1.807) is 12.3 Å². The Kier molecular flexibility index (Phi) is 6.72. The molecule has 2 aliphatic rings. The number of allylic oxidation sites excluding steroid dienone is 1. The molecule has 6 rings (SSSR count). The molecule has 0 radical (unpaired) electrons. The summed E-state index contributed by atoms with van der Waals surface area (Å²) < 4.78 is 38.8. The highest BCUT2D eigenvalue weighted by atomic mass is 19.1. The van der Waals surface area contributed by atoms with E-state index in [9.17, 15) is 14.4 Å². The van der Waals surface area contributed by atoms with Crippen LogP contribution in [-0.2, 0) is 9.53 Å². The molecule has 1 fully saturated rings. The summed E-state index contributed by atoms with van der Waals surface area (Å²) in [7, 11) is 0. The number of aromatic amines is 1. The largest absolute Gasteiger partial charge is 0.599 e. The number of halogens is 2. The summed E-state index contributed by atoms with van der Waals surface area (Å²) in [4.78, 5) is 15.0. The number of H-pyrrole nitrogens is 1. The number of aromatic nitrogens is 2. The van der Waals surface area contributed by atoms with Crippen LogP contribution < -0.4 is 19.7 Å². The van der Waals surface area contributed by atoms with Crippen LogP contribution in [0.2, 0.25) is 0 Å². The fraction of sp³-hybridized carbons (Fsp3) is 0.179. The van der Waals surface area contributed by atoms with Crippen LogP contribution in [0.3, 0.4) is 0 Å². The zero-order chi connectivity index (χ0) is 27.7. The van der Waals surface area contributed by atoms with Gasteiger partial charge in [0.15, 0.2) is 23.0 Å². The molecule has 12 heteroatoms. The number of carbonyl (C=O) groups excluding carboxylic acids is 1. The maximum atomic E-state index is 15.2. The highest BCUT2D eigenvalue weighted by Crippen LogP contribution is 2.37. The summed E-state index contributed by atoms with van der Waals surface area (Å²) in [5.74, 6) is -1.31. The second kappa shape index (κ2) is 10.5. The van der Waals surface area contributed by atoms with Gasteiger partial charge < -0.3 is 24.9 Å². The first kappa shape index (κ1) is 25.6. The molecule has 3 aromatic carbocycles. The van der Waals surface area contributed by atoms with Crippen molar-refractivity contribution in [3.63, 3.8) is 0 Å². The molecule has 204 valence electrons. The predicted molar refractivity (Wildman–Crippen MR) is 147 cm³/mol. The van der Waals surface area contributed by atoms with Crippen molar-refractivity contribution in [2.45, 2.75) is 0 Å². The first-order valence-electron chi connectivity index (χ1n) is 12.6. The number of ether oxygens (including phenoxy) is 2. The number of nitrogens with zero attached hydrogens (tertiary/aromatic N) is 4. The van der Waals surface area contributed by atoms with E-state index in [2.05, 4.69) is 25.5 Å². The lowest BCUT2D eigenvalue weighted by Gasteiger charge is -2.36. The Morgan fingerprint density at radius 2 is 1.88 bits per heavy atom. The first-order valence-corrected chi connectivity index (χ1v) is 12.6. The molecular formula is C28H24F2N6O4. The van der Waals surface area contributed by atoms with Crippen molar-refractivity contribution in [1.82, 2.24) is 15.0 Å². The lowest BCUT2D eigenvalue weighted by atomic mass is 10.1. The summed E-state index contributed by atoms with van der Waals surface area (Å²) in [5, 5.41) is 27.5. The maximum Gasteiger partial charge on any atom is 0.257 e. The molecule has 2 N–H and O–H groups in total. The van der Waals surface area contributed by atoms with Gasteiger partial charge in [-0.15, -0.1) is 0 Å². The van der Waals surface area contributed by atoms with Crippen LogP contribution in [-0.4, -0.2) is 55.2 Å². The molecule has 0 bridgehead atoms. The van der Waals surface area contributed by atoms with Gasteiger partial charge in [0.2, 0.25) is 0 Å². The summed E-state index contributed by atoms with van der Waals surface area (Å²) in [6.45, 7) is 2.16. The molecule has 0 saturated carbocycles. The fourth-order valence-corrected chi connectivity index (χ4v) is 4.62. The van der Waals surface area contributed by atoms with Crippen LogP contribution in [0, 0.1) is 16.8 Å². The van der Waals surface area contributed by atoms with Gasteiger partial charge in [-0.25, -0.2) is 8.78 Å². The molecule has 3 heterocycles. The zero-order valence-electron chi connectivity index (χ0n) is 21.1. The summed E-state index contributed by atoms with van der Waals surface area (Å²) >= 11 is 0. The molecule has 1 amide bonds. The molecule has 2 aliphatic heterocycles. The van der Waals surface area contributed by atoms with E-state index in [0.717, 1.165) is 34.8 Å². The number of carbonyl (C=O) groups is 1. The highest BCUT2D eigenvalue weighted by molar-refractivity contribution is 6.07. The maximum absolute atomic E-state index is 15.2. The van der Waals surface area contributed by atoms with Crippen molar-refractivity contribution in [2.24, 2.45) is 5.10 Å². The standard InChI is InChI=1S/C28H24F2N6O4/c29-20-1-4-22(5-2-20)36(38)17-18(7-8-32-36)28(37)33-21-3-6-26(23(30)14-21)40-27-13-19-16-31-34-24(19)15-25(27)35-9-11-39-12-10-35/h1-8,13-16H,9-12,17H2,(H,31,34)(H,33,37). The van der Waals surface area contributed by atoms with Crippen LogP contribution in [0.5, 0.6) is 11.5 Å². The van der Waals surface area contributed by atoms with Gasteiger partial charge in [0.1, 0.15) is 12.4 Å². The Hall–Kier alpha value is -4.65. The third kappa shape index (κ3) is 5.15. The average molecular weight is 547 g/mol. The van der Waals surface area contributed by atoms with E-state index >= 15 is 4.39 Å². The van der Waals surface area contributed by atoms with Crippen molar-refractivity contribution in [1.29, 1.82) is 0 Å². The third-order valence-corrected chi connectivity index (χ3v) is 6.72. The van der Waals surface area contributed by atoms with Crippen LogP contribution in [0.4, 0.5) is 25.8 Å². The van der Waals surface area contributed by atoms with Crippen molar-refractivity contribution < 1.29 is 23.0 Å². The Labute approximate surface area is 227 Å². The number of morpholine rings is 1. The number of hydroxylamine groups is 1. The Balaban J connectivity index is 1.18. The summed E-state index contributed by atoms with van der Waals surface area (Å²) in [5.41, 5.74) is 2.10. The number of rotatable bonds is 6. The van der Waals surface area contributed by atoms with E-state index in [4.69, 9.17) is 9.47 Å². The minimum absolute atomic E-state index is 0.0223. The Bertz CT molecular complexity index is 1630. The summed E-state index contributed by atoms with van der Waals surface area (Å²) in [6, 6.07) is 12.8. The zero-order valence-corrected chi connectivity index (χ0v) is 21.1. The SMILES string of the molecule is O=C(Nc1ccc(Oc2cc3cn[nH]c3cc2N2CCOCC2)c(F)c1)C1=CC=N[N+]([O-])(c2ccc(F)cc2)C1. The molecule has 4 aromatic rings. The molecule has 1 saturated heterocycles. The smallest absolute Gasteiger partial charge is 0.257 e. The van der Waals surface area contributed by atoms with E-state index in [1.165, 1.54) is 36.6 Å². The number of nitrogens with one attached hydrogen (secondary N) is 2. The van der Waals surface area contributed by atoms with Crippen molar-refractivity contribution in [2.75, 3.05) is 43.1 Å². The monoisotopic (exact) mass is 546 g/mol. The van der Waals surface area contributed by atoms with Gasteiger partial charge in [0.05, 0.1) is 42.4 Å². The predicted octanol–water partition coefficient (Wildman–Crippen LogP) is 4.84. The van der Waals surface area contributed by atoms with Gasteiger partial charge in [-0.05, 0) is 42.5 Å². The number of hydrogen-bond donors (Lipinski definition) is 2. The highest BCUT2D eigenvalue weighted by Gasteiger charge is 2.28. The number of quaternary nitrogens is 1. The van der Waals surface area contributed by atoms with Gasteiger partial charge in [-0.2, -0.15) is 9.85 Å². The Morgan fingerprint density at radius 3 is 2.65 bits per heavy atom. The number of benzene rings is 3. The summed E-state index contributed by atoms with van der Waals surface area (Å²) in [6.07, 6.45) is 4.31. The van der Waals surface area contributed by atoms with Crippen LogP contribution in [0.25, 0.3) is 10.9 Å². The second-order valence-corrected chi connectivity index (χ2v) is 9.37. The first-order chi connectivity index (χ1) is 19.4. The normalized spacial score (nSPS) is 19.0. The van der Waals surface area contributed by atoms with Crippen molar-refractivity contribution in [3.8, 4) is 11.5 Å². The van der Waals surface area contributed by atoms with Crippen molar-refractivity contribution in [3.05, 3.63) is 89.3 Å². The lowest BCUT2D eigenvalue weighted by molar-refractivity contribution is -0.113. The van der Waals surface area contributed by atoms with Gasteiger partial charge in [-0.1, -0.05) is 5.10 Å².